The van der Waals surface area contributed by atoms with Crippen molar-refractivity contribution in [3.05, 3.63) is 46.4 Å². The number of carbonyl (C=O) groups excluding carboxylic acids is 1. The monoisotopic (exact) mass is 488 g/mol. The lowest BCUT2D eigenvalue weighted by Crippen LogP contribution is -2.50. The average Bonchev–Trinajstić information content (AvgIpc) is 3.01. The number of thioether (sulfide) groups is 1. The van der Waals surface area contributed by atoms with Crippen LogP contribution in [0.4, 0.5) is 0 Å². The van der Waals surface area contributed by atoms with Gasteiger partial charge in [-0.1, -0.05) is 36.4 Å². The molecule has 3 aliphatic heterocycles. The molecule has 4 aliphatic carbocycles. The first-order valence-corrected chi connectivity index (χ1v) is 14.3. The third-order valence-electron chi connectivity index (χ3n) is 9.13. The average molecular weight is 489 g/mol. The largest absolute Gasteiger partial charge is 0.324 e. The van der Waals surface area contributed by atoms with Gasteiger partial charge in [0, 0.05) is 17.7 Å². The van der Waals surface area contributed by atoms with Crippen LogP contribution >= 0.6 is 11.8 Å². The zero-order valence-corrected chi connectivity index (χ0v) is 20.9. The maximum atomic E-state index is 13.7. The number of para-hydroxylation sites is 1. The topological polar surface area (TPSA) is 69.8 Å². The molecule has 0 unspecified atom stereocenters. The summed E-state index contributed by atoms with van der Waals surface area (Å²) in [6.07, 6.45) is 11.5. The molecule has 0 atom stereocenters. The second kappa shape index (κ2) is 8.32. The van der Waals surface area contributed by atoms with Gasteiger partial charge in [-0.15, -0.1) is 5.10 Å². The van der Waals surface area contributed by atoms with Crippen LogP contribution in [0.15, 0.2) is 40.3 Å². The number of hydrogen-bond acceptors (Lipinski definition) is 5. The molecule has 1 aromatic carbocycles. The molecule has 35 heavy (non-hydrogen) atoms. The number of rotatable bonds is 5. The second-order valence-corrected chi connectivity index (χ2v) is 12.4. The van der Waals surface area contributed by atoms with Crippen molar-refractivity contribution in [3.63, 3.8) is 0 Å². The molecule has 0 aromatic heterocycles. The molecule has 0 radical (unpaired) electrons. The maximum Gasteiger partial charge on any atom is 0.284 e. The summed E-state index contributed by atoms with van der Waals surface area (Å²) in [6.45, 7) is 0.849. The van der Waals surface area contributed by atoms with E-state index in [4.69, 9.17) is 4.98 Å². The summed E-state index contributed by atoms with van der Waals surface area (Å²) in [5.41, 5.74) is 2.28. The molecule has 4 bridgehead atoms. The number of carbonyl (C=O) groups is 1. The van der Waals surface area contributed by atoms with Gasteiger partial charge in [-0.3, -0.25) is 9.59 Å². The van der Waals surface area contributed by atoms with Crippen LogP contribution < -0.4 is 5.56 Å². The molecule has 1 aromatic rings. The quantitative estimate of drug-likeness (QED) is 0.367. The Morgan fingerprint density at radius 1 is 1.00 bits per heavy atom. The molecule has 3 heterocycles. The van der Waals surface area contributed by atoms with Gasteiger partial charge in [-0.2, -0.15) is 4.68 Å². The van der Waals surface area contributed by atoms with Gasteiger partial charge in [0.05, 0.1) is 11.4 Å². The molecule has 7 aliphatic rings. The van der Waals surface area contributed by atoms with Gasteiger partial charge in [0.15, 0.2) is 11.0 Å². The summed E-state index contributed by atoms with van der Waals surface area (Å²) in [7, 11) is 0. The van der Waals surface area contributed by atoms with E-state index < -0.39 is 0 Å². The fourth-order valence-corrected chi connectivity index (χ4v) is 9.02. The Hall–Kier alpha value is -2.41. The highest BCUT2D eigenvalue weighted by Gasteiger charge is 2.54. The minimum absolute atomic E-state index is 0.0788. The lowest BCUT2D eigenvalue weighted by atomic mass is 9.48. The van der Waals surface area contributed by atoms with E-state index in [1.54, 1.807) is 11.8 Å². The number of nitrogens with zero attached hydrogens (tertiary/aromatic N) is 4. The normalized spacial score (nSPS) is 29.3. The third-order valence-corrected chi connectivity index (χ3v) is 10.1. The molecule has 6 nitrogen and oxygen atoms in total. The summed E-state index contributed by atoms with van der Waals surface area (Å²) in [5, 5.41) is 5.50. The fourth-order valence-electron chi connectivity index (χ4n) is 7.94. The van der Waals surface area contributed by atoms with Crippen LogP contribution in [-0.2, 0) is 17.8 Å². The summed E-state index contributed by atoms with van der Waals surface area (Å²) >= 11 is 1.58. The van der Waals surface area contributed by atoms with Crippen LogP contribution in [-0.4, -0.2) is 30.9 Å². The Balaban J connectivity index is 1.24. The van der Waals surface area contributed by atoms with E-state index in [1.165, 1.54) is 23.9 Å². The van der Waals surface area contributed by atoms with E-state index in [0.717, 1.165) is 85.8 Å². The summed E-state index contributed by atoms with van der Waals surface area (Å²) in [6, 6.07) is 9.58. The van der Waals surface area contributed by atoms with E-state index in [0.29, 0.717) is 22.9 Å². The Labute approximate surface area is 209 Å². The van der Waals surface area contributed by atoms with Crippen molar-refractivity contribution in [1.82, 2.24) is 19.3 Å². The Morgan fingerprint density at radius 2 is 1.71 bits per heavy atom. The van der Waals surface area contributed by atoms with E-state index >= 15 is 0 Å². The predicted molar refractivity (Wildman–Crippen MR) is 136 cm³/mol. The summed E-state index contributed by atoms with van der Waals surface area (Å²) in [5.74, 6) is 3.74. The van der Waals surface area contributed by atoms with Crippen LogP contribution in [0, 0.1) is 23.2 Å². The number of fused-ring (bicyclic) bond motifs is 3. The molecule has 7 heteroatoms. The molecular formula is C28H32N4O2S. The molecule has 4 saturated carbocycles. The first kappa shape index (κ1) is 21.8. The molecule has 4 fully saturated rings. The SMILES string of the molecule is O=C(CSc1nc2nn(-c3ccccc3)c(=O)c-2c2n1CCCCC2)C12CC3CC(CC(C3)C1)C2. The van der Waals surface area contributed by atoms with Crippen molar-refractivity contribution >= 4 is 17.5 Å². The Kier molecular flexibility index (Phi) is 5.19. The van der Waals surface area contributed by atoms with Gasteiger partial charge in [-0.05, 0) is 87.7 Å². The van der Waals surface area contributed by atoms with Crippen molar-refractivity contribution in [3.8, 4) is 17.1 Å². The minimum Gasteiger partial charge on any atom is -0.324 e. The van der Waals surface area contributed by atoms with Crippen molar-refractivity contribution in [2.75, 3.05) is 5.75 Å². The Morgan fingerprint density at radius 3 is 2.43 bits per heavy atom. The number of Topliss-reactive ketones (excluding diaryl/α,β-unsaturated/α-hetero) is 1. The minimum atomic E-state index is -0.0921. The molecule has 0 N–H and O–H groups in total. The van der Waals surface area contributed by atoms with Crippen LogP contribution in [0.3, 0.4) is 0 Å². The standard InChI is InChI=1S/C28H32N4O2S/c33-23(28-14-18-11-19(15-28)13-20(12-18)16-28)17-35-27-29-25-24(22-9-5-2-6-10-31(22)27)26(34)32(30-25)21-7-3-1-4-8-21/h1,3-4,7-8,18-20H,2,5-6,9-17H2. The zero-order valence-electron chi connectivity index (χ0n) is 20.1. The van der Waals surface area contributed by atoms with Gasteiger partial charge in [0.1, 0.15) is 11.3 Å². The van der Waals surface area contributed by atoms with E-state index in [1.807, 2.05) is 30.3 Å². The molecule has 182 valence electrons. The van der Waals surface area contributed by atoms with Gasteiger partial charge < -0.3 is 4.57 Å². The first-order valence-electron chi connectivity index (χ1n) is 13.3. The van der Waals surface area contributed by atoms with Gasteiger partial charge in [-0.25, -0.2) is 4.98 Å². The first-order chi connectivity index (χ1) is 17.1. The highest BCUT2D eigenvalue weighted by molar-refractivity contribution is 7.99. The molecule has 0 saturated heterocycles. The molecule has 0 amide bonds. The highest BCUT2D eigenvalue weighted by Crippen LogP contribution is 2.60. The van der Waals surface area contributed by atoms with E-state index in [9.17, 15) is 9.59 Å². The van der Waals surface area contributed by atoms with Gasteiger partial charge in [0.25, 0.3) is 5.56 Å². The molecular weight excluding hydrogens is 456 g/mol. The summed E-state index contributed by atoms with van der Waals surface area (Å²) < 4.78 is 3.71. The number of hydrogen-bond donors (Lipinski definition) is 0. The van der Waals surface area contributed by atoms with Crippen LogP contribution in [0.25, 0.3) is 17.1 Å². The van der Waals surface area contributed by atoms with Crippen molar-refractivity contribution in [2.45, 2.75) is 75.9 Å². The predicted octanol–water partition coefficient (Wildman–Crippen LogP) is 5.14. The van der Waals surface area contributed by atoms with Crippen molar-refractivity contribution in [2.24, 2.45) is 23.2 Å². The second-order valence-electron chi connectivity index (χ2n) is 11.5. The van der Waals surface area contributed by atoms with Crippen LogP contribution in [0.2, 0.25) is 0 Å². The van der Waals surface area contributed by atoms with Crippen LogP contribution in [0.5, 0.6) is 0 Å². The molecule has 0 spiro atoms. The number of aromatic nitrogens is 4. The third kappa shape index (κ3) is 3.61. The fraction of sp³-hybridized carbons (Fsp3) is 0.571. The zero-order chi connectivity index (χ0) is 23.6. The van der Waals surface area contributed by atoms with Gasteiger partial charge in [0.2, 0.25) is 0 Å². The Bertz CT molecular complexity index is 1280. The lowest BCUT2D eigenvalue weighted by molar-refractivity contribution is -0.141. The molecule has 8 rings (SSSR count). The van der Waals surface area contributed by atoms with Crippen molar-refractivity contribution < 1.29 is 4.79 Å². The number of ketones is 1. The van der Waals surface area contributed by atoms with Crippen LogP contribution in [0.1, 0.15) is 63.5 Å². The smallest absolute Gasteiger partial charge is 0.284 e. The lowest BCUT2D eigenvalue weighted by Gasteiger charge is -2.56. The van der Waals surface area contributed by atoms with E-state index in [2.05, 4.69) is 9.67 Å². The maximum absolute atomic E-state index is 13.7. The number of benzene rings is 1. The van der Waals surface area contributed by atoms with Gasteiger partial charge >= 0.3 is 0 Å². The van der Waals surface area contributed by atoms with E-state index in [-0.39, 0.29) is 11.0 Å². The highest BCUT2D eigenvalue weighted by atomic mass is 32.2. The van der Waals surface area contributed by atoms with Crippen molar-refractivity contribution in [1.29, 1.82) is 0 Å². The summed E-state index contributed by atoms with van der Waals surface area (Å²) in [4.78, 5) is 32.0.